The Morgan fingerprint density at radius 2 is 1.95 bits per heavy atom. The number of ketones is 1. The number of hydrogen-bond acceptors (Lipinski definition) is 2. The molecule has 2 rings (SSSR count). The third-order valence-electron chi connectivity index (χ3n) is 2.57. The largest absolute Gasteiger partial charge is 0.289 e. The zero-order valence-corrected chi connectivity index (χ0v) is 10.7. The Morgan fingerprint density at radius 3 is 2.53 bits per heavy atom. The second kappa shape index (κ2) is 8.62. The third kappa shape index (κ3) is 5.62. The van der Waals surface area contributed by atoms with Crippen molar-refractivity contribution in [2.24, 2.45) is 5.92 Å². The number of allylic oxidation sites excluding steroid dienone is 6. The van der Waals surface area contributed by atoms with Crippen molar-refractivity contribution in [2.75, 3.05) is 0 Å². The summed E-state index contributed by atoms with van der Waals surface area (Å²) >= 11 is 0. The quantitative estimate of drug-likeness (QED) is 0.468. The lowest BCUT2D eigenvalue weighted by atomic mass is 9.99. The van der Waals surface area contributed by atoms with E-state index in [-0.39, 0.29) is 5.78 Å². The number of hydrogen-bond donors (Lipinski definition) is 0. The van der Waals surface area contributed by atoms with Crippen molar-refractivity contribution in [3.8, 4) is 0 Å². The Kier molecular flexibility index (Phi) is 6.63. The lowest BCUT2D eigenvalue weighted by Crippen LogP contribution is -1.97. The maximum Gasteiger partial charge on any atom is 0.185 e. The molecular formula is C17H16O2. The molecule has 0 bridgehead atoms. The van der Waals surface area contributed by atoms with Crippen LogP contribution in [0, 0.1) is 5.92 Å². The van der Waals surface area contributed by atoms with Gasteiger partial charge in [0.2, 0.25) is 0 Å². The van der Waals surface area contributed by atoms with Crippen LogP contribution in [0.1, 0.15) is 16.8 Å². The van der Waals surface area contributed by atoms with E-state index in [1.165, 1.54) is 5.94 Å². The van der Waals surface area contributed by atoms with Gasteiger partial charge in [0, 0.05) is 5.56 Å². The minimum atomic E-state index is 0.0727. The number of carbonyl (C=O) groups excluding carboxylic acids is 2. The van der Waals surface area contributed by atoms with Gasteiger partial charge in [0.15, 0.2) is 5.78 Å². The fraction of sp³-hybridized carbons (Fsp3) is 0.118. The maximum atomic E-state index is 11.8. The Balaban J connectivity index is 0.000000550. The second-order valence-corrected chi connectivity index (χ2v) is 3.95. The van der Waals surface area contributed by atoms with Crippen LogP contribution < -0.4 is 0 Å². The van der Waals surface area contributed by atoms with Crippen LogP contribution in [0.5, 0.6) is 0 Å². The van der Waals surface area contributed by atoms with Crippen molar-refractivity contribution in [3.63, 3.8) is 0 Å². The Morgan fingerprint density at radius 1 is 1.26 bits per heavy atom. The minimum absolute atomic E-state index is 0.0727. The van der Waals surface area contributed by atoms with Gasteiger partial charge in [-0.05, 0) is 25.0 Å². The summed E-state index contributed by atoms with van der Waals surface area (Å²) in [4.78, 5) is 20.3. The van der Waals surface area contributed by atoms with Gasteiger partial charge in [0.05, 0.1) is 0 Å². The van der Waals surface area contributed by atoms with Gasteiger partial charge >= 0.3 is 0 Å². The molecule has 2 nitrogen and oxygen atoms in total. The van der Waals surface area contributed by atoms with Crippen molar-refractivity contribution in [3.05, 3.63) is 78.9 Å². The number of rotatable bonds is 3. The molecule has 0 aliphatic heterocycles. The first-order chi connectivity index (χ1) is 9.27. The third-order valence-corrected chi connectivity index (χ3v) is 2.57. The van der Waals surface area contributed by atoms with Gasteiger partial charge in [-0.15, -0.1) is 0 Å². The van der Waals surface area contributed by atoms with Crippen molar-refractivity contribution in [1.29, 1.82) is 0 Å². The van der Waals surface area contributed by atoms with E-state index in [1.54, 1.807) is 6.08 Å². The molecule has 1 aromatic carbocycles. The highest BCUT2D eigenvalue weighted by Crippen LogP contribution is 2.13. The summed E-state index contributed by atoms with van der Waals surface area (Å²) in [5, 5.41) is 0. The molecule has 0 N–H and O–H groups in total. The van der Waals surface area contributed by atoms with Crippen molar-refractivity contribution < 1.29 is 9.59 Å². The molecule has 0 radical (unpaired) electrons. The van der Waals surface area contributed by atoms with E-state index in [9.17, 15) is 4.79 Å². The molecule has 1 unspecified atom stereocenters. The minimum Gasteiger partial charge on any atom is -0.289 e. The predicted molar refractivity (Wildman–Crippen MR) is 77.6 cm³/mol. The van der Waals surface area contributed by atoms with Crippen molar-refractivity contribution >= 4 is 11.7 Å². The number of benzene rings is 1. The molecule has 0 spiro atoms. The van der Waals surface area contributed by atoms with Crippen LogP contribution in [0.2, 0.25) is 0 Å². The smallest absolute Gasteiger partial charge is 0.185 e. The summed E-state index contributed by atoms with van der Waals surface area (Å²) < 4.78 is 0. The SMILES string of the molecule is C=C=O.O=C(C=CC1C=CC=CC1)c1ccccc1. The molecule has 0 heterocycles. The summed E-state index contributed by atoms with van der Waals surface area (Å²) in [6.07, 6.45) is 12.9. The average Bonchev–Trinajstić information content (AvgIpc) is 2.47. The Labute approximate surface area is 113 Å². The first kappa shape index (κ1) is 14.6. The van der Waals surface area contributed by atoms with E-state index in [0.717, 1.165) is 12.0 Å². The molecule has 1 aromatic rings. The van der Waals surface area contributed by atoms with Crippen LogP contribution in [-0.2, 0) is 4.79 Å². The molecule has 0 fully saturated rings. The summed E-state index contributed by atoms with van der Waals surface area (Å²) in [5.41, 5.74) is 0.745. The summed E-state index contributed by atoms with van der Waals surface area (Å²) in [7, 11) is 0. The topological polar surface area (TPSA) is 34.1 Å². The monoisotopic (exact) mass is 252 g/mol. The first-order valence-corrected chi connectivity index (χ1v) is 6.03. The molecular weight excluding hydrogens is 236 g/mol. The van der Waals surface area contributed by atoms with E-state index in [2.05, 4.69) is 18.7 Å². The maximum absolute atomic E-state index is 11.8. The van der Waals surface area contributed by atoms with Gasteiger partial charge in [-0.1, -0.05) is 60.7 Å². The molecule has 1 aliphatic rings. The molecule has 96 valence electrons. The zero-order valence-electron chi connectivity index (χ0n) is 10.7. The van der Waals surface area contributed by atoms with Gasteiger partial charge in [0.1, 0.15) is 5.94 Å². The highest BCUT2D eigenvalue weighted by Gasteiger charge is 2.03. The lowest BCUT2D eigenvalue weighted by Gasteiger charge is -2.06. The van der Waals surface area contributed by atoms with E-state index in [4.69, 9.17) is 4.79 Å². The highest BCUT2D eigenvalue weighted by atomic mass is 16.1. The van der Waals surface area contributed by atoms with Crippen LogP contribution in [0.3, 0.4) is 0 Å². The average molecular weight is 252 g/mol. The zero-order chi connectivity index (χ0) is 13.9. The Bertz CT molecular complexity index is 515. The van der Waals surface area contributed by atoms with Gasteiger partial charge in [-0.25, -0.2) is 4.79 Å². The van der Waals surface area contributed by atoms with Gasteiger partial charge in [-0.3, -0.25) is 4.79 Å². The van der Waals surface area contributed by atoms with Crippen molar-refractivity contribution in [1.82, 2.24) is 0 Å². The van der Waals surface area contributed by atoms with Crippen LogP contribution >= 0.6 is 0 Å². The van der Waals surface area contributed by atoms with E-state index < -0.39 is 0 Å². The fourth-order valence-electron chi connectivity index (χ4n) is 1.65. The Hall–Kier alpha value is -2.44. The molecule has 19 heavy (non-hydrogen) atoms. The van der Waals surface area contributed by atoms with Crippen LogP contribution in [0.25, 0.3) is 0 Å². The first-order valence-electron chi connectivity index (χ1n) is 6.03. The van der Waals surface area contributed by atoms with Gasteiger partial charge in [-0.2, -0.15) is 0 Å². The normalized spacial score (nSPS) is 16.5. The molecule has 0 saturated heterocycles. The van der Waals surface area contributed by atoms with E-state index >= 15 is 0 Å². The summed E-state index contributed by atoms with van der Waals surface area (Å²) in [6, 6.07) is 9.34. The molecule has 1 atom stereocenters. The molecule has 2 heteroatoms. The molecule has 0 amide bonds. The van der Waals surface area contributed by atoms with E-state index in [1.807, 2.05) is 48.6 Å². The van der Waals surface area contributed by atoms with Crippen LogP contribution in [0.15, 0.2) is 73.4 Å². The summed E-state index contributed by atoms with van der Waals surface area (Å²) in [6.45, 7) is 2.68. The van der Waals surface area contributed by atoms with Crippen molar-refractivity contribution in [2.45, 2.75) is 6.42 Å². The molecule has 0 saturated carbocycles. The number of carbonyl (C=O) groups is 1. The standard InChI is InChI=1S/C15H14O.C2H2O/c16-15(14-9-5-2-6-10-14)12-11-13-7-3-1-4-8-13;1-2-3/h1-7,9-13H,8H2;1H2. The summed E-state index contributed by atoms with van der Waals surface area (Å²) in [5.74, 6) is 1.68. The highest BCUT2D eigenvalue weighted by molar-refractivity contribution is 6.04. The van der Waals surface area contributed by atoms with Crippen LogP contribution in [0.4, 0.5) is 0 Å². The molecule has 1 aliphatic carbocycles. The fourth-order valence-corrected chi connectivity index (χ4v) is 1.65. The lowest BCUT2D eigenvalue weighted by molar-refractivity contribution is 0.104. The second-order valence-electron chi connectivity index (χ2n) is 3.95. The van der Waals surface area contributed by atoms with E-state index in [0.29, 0.717) is 5.92 Å². The van der Waals surface area contributed by atoms with Gasteiger partial charge in [0.25, 0.3) is 0 Å². The van der Waals surface area contributed by atoms with Crippen LogP contribution in [-0.4, -0.2) is 11.7 Å². The van der Waals surface area contributed by atoms with Gasteiger partial charge < -0.3 is 0 Å². The predicted octanol–water partition coefficient (Wildman–Crippen LogP) is 3.56. The molecule has 0 aromatic heterocycles.